The number of carbonyl (C=O) groups is 2. The van der Waals surface area contributed by atoms with E-state index in [0.717, 1.165) is 96.3 Å². The molecule has 11 heteroatoms. The van der Waals surface area contributed by atoms with E-state index in [1.165, 1.54) is 64.2 Å². The number of allylic oxidation sites excluding steroid dienone is 19. The molecule has 0 aromatic rings. The molecule has 0 bridgehead atoms. The molecule has 1 amide bonds. The molecular formula is C64H105NO10. The lowest BCUT2D eigenvalue weighted by atomic mass is 9.99. The van der Waals surface area contributed by atoms with Gasteiger partial charge in [-0.2, -0.15) is 0 Å². The normalized spacial score (nSPS) is 20.1. The zero-order chi connectivity index (χ0) is 54.7. The summed E-state index contributed by atoms with van der Waals surface area (Å²) >= 11 is 0. The highest BCUT2D eigenvalue weighted by molar-refractivity contribution is 5.80. The van der Waals surface area contributed by atoms with Gasteiger partial charge in [-0.25, -0.2) is 0 Å². The Balaban J connectivity index is 2.75. The first kappa shape index (κ1) is 69.1. The number of hydrogen-bond donors (Lipinski definition) is 6. The summed E-state index contributed by atoms with van der Waals surface area (Å²) in [5, 5.41) is 56.8. The minimum absolute atomic E-state index is 0.0959. The Morgan fingerprint density at radius 1 is 0.547 bits per heavy atom. The van der Waals surface area contributed by atoms with E-state index >= 15 is 0 Å². The summed E-state index contributed by atoms with van der Waals surface area (Å²) in [6.45, 7) is 5.55. The van der Waals surface area contributed by atoms with Crippen molar-refractivity contribution in [1.82, 2.24) is 5.32 Å². The summed E-state index contributed by atoms with van der Waals surface area (Å²) in [7, 11) is 0. The number of hydrogen-bond acceptors (Lipinski definition) is 10. The Labute approximate surface area is 455 Å². The average molecular weight is 1050 g/mol. The Hall–Kier alpha value is -3.94. The van der Waals surface area contributed by atoms with Crippen molar-refractivity contribution in [2.24, 2.45) is 0 Å². The molecule has 8 atom stereocenters. The SMILES string of the molecule is CC\C=C/C=C/C=C/C=C\C=C\C=C\CCCCC(O)C(=O)NC(COC1OC(CO)C(O)C(O)C1OC(=O)CCCCCCCC/C=C\C/C=C\C/C=C\CCCCC)C(O)/C=C/CCCCCCCCCCC. The smallest absolute Gasteiger partial charge is 0.306 e. The zero-order valence-electron chi connectivity index (χ0n) is 46.9. The van der Waals surface area contributed by atoms with Crippen molar-refractivity contribution < 1.29 is 49.3 Å². The third-order valence-corrected chi connectivity index (χ3v) is 13.0. The van der Waals surface area contributed by atoms with Gasteiger partial charge in [0.1, 0.15) is 24.4 Å². The van der Waals surface area contributed by atoms with Gasteiger partial charge >= 0.3 is 5.97 Å². The lowest BCUT2D eigenvalue weighted by Gasteiger charge is -2.41. The van der Waals surface area contributed by atoms with Crippen LogP contribution in [0.4, 0.5) is 0 Å². The van der Waals surface area contributed by atoms with E-state index in [9.17, 15) is 35.1 Å². The molecule has 426 valence electrons. The fourth-order valence-corrected chi connectivity index (χ4v) is 8.33. The van der Waals surface area contributed by atoms with Crippen molar-refractivity contribution in [2.75, 3.05) is 13.2 Å². The Morgan fingerprint density at radius 3 is 1.59 bits per heavy atom. The van der Waals surface area contributed by atoms with Gasteiger partial charge < -0.3 is 45.1 Å². The Morgan fingerprint density at radius 2 is 1.01 bits per heavy atom. The quantitative estimate of drug-likeness (QED) is 0.0149. The molecule has 11 nitrogen and oxygen atoms in total. The minimum atomic E-state index is -1.64. The van der Waals surface area contributed by atoms with Crippen LogP contribution in [0.25, 0.3) is 0 Å². The summed E-state index contributed by atoms with van der Waals surface area (Å²) in [5.74, 6) is -1.27. The maximum absolute atomic E-state index is 13.4. The first-order valence-electron chi connectivity index (χ1n) is 29.4. The van der Waals surface area contributed by atoms with Crippen LogP contribution in [0.15, 0.2) is 122 Å². The van der Waals surface area contributed by atoms with Crippen molar-refractivity contribution >= 4 is 11.9 Å². The summed E-state index contributed by atoms with van der Waals surface area (Å²) in [5.41, 5.74) is 0. The van der Waals surface area contributed by atoms with Gasteiger partial charge in [-0.3, -0.25) is 9.59 Å². The van der Waals surface area contributed by atoms with Crippen LogP contribution in [-0.2, 0) is 23.8 Å². The predicted octanol–water partition coefficient (Wildman–Crippen LogP) is 13.5. The third-order valence-electron chi connectivity index (χ3n) is 13.0. The maximum atomic E-state index is 13.4. The highest BCUT2D eigenvalue weighted by atomic mass is 16.7. The minimum Gasteiger partial charge on any atom is -0.454 e. The predicted molar refractivity (Wildman–Crippen MR) is 310 cm³/mol. The van der Waals surface area contributed by atoms with Crippen LogP contribution >= 0.6 is 0 Å². The molecule has 1 aliphatic rings. The molecule has 8 unspecified atom stereocenters. The van der Waals surface area contributed by atoms with E-state index in [0.29, 0.717) is 12.8 Å². The maximum Gasteiger partial charge on any atom is 0.306 e. The summed E-state index contributed by atoms with van der Waals surface area (Å²) < 4.78 is 17.5. The van der Waals surface area contributed by atoms with Gasteiger partial charge in [0, 0.05) is 6.42 Å². The van der Waals surface area contributed by atoms with E-state index in [2.05, 4.69) is 68.6 Å². The molecule has 75 heavy (non-hydrogen) atoms. The number of rotatable bonds is 47. The standard InChI is InChI=1S/C64H105NO10/c1-4-7-10-13-16-19-22-24-26-28-29-30-32-34-37-40-43-46-49-52-59(69)75-62-61(71)60(70)58(53-66)74-64(62)73-54-55(56(67)50-47-44-41-38-35-21-18-15-12-9-6-3)65-63(72)57(68)51-48-45-42-39-36-33-31-27-25-23-20-17-14-11-8-5-2/h8,11,14,16-17,19-20,23-27,29-31,33,36,39,47,50,55-58,60-62,64,66-68,70-71H,4-7,9-10,12-13,15,18,21-22,28,32,34-35,37-38,40-46,48-49,51-54H2,1-3H3,(H,65,72)/b11-8-,17-14+,19-16-,23-20+,26-24-,27-25-,30-29-,33-31+,39-36+,50-47+. The second-order valence-corrected chi connectivity index (χ2v) is 19.8. The molecule has 1 fully saturated rings. The molecule has 0 spiro atoms. The van der Waals surface area contributed by atoms with Crippen molar-refractivity contribution in [3.05, 3.63) is 122 Å². The highest BCUT2D eigenvalue weighted by Crippen LogP contribution is 2.26. The lowest BCUT2D eigenvalue weighted by Crippen LogP contribution is -2.61. The molecule has 1 saturated heterocycles. The van der Waals surface area contributed by atoms with Gasteiger partial charge in [-0.05, 0) is 83.5 Å². The van der Waals surface area contributed by atoms with E-state index in [4.69, 9.17) is 14.2 Å². The summed E-state index contributed by atoms with van der Waals surface area (Å²) in [6, 6.07) is -1.06. The highest BCUT2D eigenvalue weighted by Gasteiger charge is 2.47. The van der Waals surface area contributed by atoms with Gasteiger partial charge in [-0.1, -0.05) is 239 Å². The van der Waals surface area contributed by atoms with E-state index < -0.39 is 67.4 Å². The van der Waals surface area contributed by atoms with Crippen LogP contribution in [0.2, 0.25) is 0 Å². The van der Waals surface area contributed by atoms with Gasteiger partial charge in [-0.15, -0.1) is 0 Å². The van der Waals surface area contributed by atoms with Crippen LogP contribution in [-0.4, -0.2) is 99.6 Å². The number of aliphatic hydroxyl groups excluding tert-OH is 5. The van der Waals surface area contributed by atoms with Crippen LogP contribution in [0.3, 0.4) is 0 Å². The number of esters is 1. The van der Waals surface area contributed by atoms with Gasteiger partial charge in [0.2, 0.25) is 5.91 Å². The molecular weight excluding hydrogens is 943 g/mol. The van der Waals surface area contributed by atoms with E-state index in [1.807, 2.05) is 72.9 Å². The second-order valence-electron chi connectivity index (χ2n) is 19.8. The first-order chi connectivity index (χ1) is 36.7. The van der Waals surface area contributed by atoms with Gasteiger partial charge in [0.25, 0.3) is 0 Å². The Bertz CT molecular complexity index is 1680. The first-order valence-corrected chi connectivity index (χ1v) is 29.4. The van der Waals surface area contributed by atoms with Crippen molar-refractivity contribution in [1.29, 1.82) is 0 Å². The fraction of sp³-hybridized carbons (Fsp3) is 0.656. The largest absolute Gasteiger partial charge is 0.454 e. The second kappa shape index (κ2) is 50.9. The average Bonchev–Trinajstić information content (AvgIpc) is 3.41. The van der Waals surface area contributed by atoms with Crippen LogP contribution < -0.4 is 5.32 Å². The summed E-state index contributed by atoms with van der Waals surface area (Å²) in [4.78, 5) is 26.5. The third kappa shape index (κ3) is 39.1. The molecule has 1 rings (SSSR count). The molecule has 0 aliphatic carbocycles. The molecule has 0 aromatic carbocycles. The van der Waals surface area contributed by atoms with Gasteiger partial charge in [0.05, 0.1) is 25.4 Å². The number of amides is 1. The monoisotopic (exact) mass is 1050 g/mol. The number of aliphatic hydroxyl groups is 5. The molecule has 6 N–H and O–H groups in total. The topological polar surface area (TPSA) is 175 Å². The van der Waals surface area contributed by atoms with E-state index in [-0.39, 0.29) is 19.4 Å². The molecule has 1 heterocycles. The fourth-order valence-electron chi connectivity index (χ4n) is 8.33. The van der Waals surface area contributed by atoms with Crippen LogP contribution in [0.1, 0.15) is 207 Å². The van der Waals surface area contributed by atoms with Crippen molar-refractivity contribution in [3.63, 3.8) is 0 Å². The van der Waals surface area contributed by atoms with E-state index in [1.54, 1.807) is 6.08 Å². The van der Waals surface area contributed by atoms with Crippen LogP contribution in [0, 0.1) is 0 Å². The van der Waals surface area contributed by atoms with Crippen molar-refractivity contribution in [3.8, 4) is 0 Å². The molecule has 0 radical (unpaired) electrons. The van der Waals surface area contributed by atoms with Gasteiger partial charge in [0.15, 0.2) is 12.4 Å². The molecule has 0 aromatic heterocycles. The lowest BCUT2D eigenvalue weighted by molar-refractivity contribution is -0.305. The number of unbranched alkanes of at least 4 members (excludes halogenated alkanes) is 20. The van der Waals surface area contributed by atoms with Crippen LogP contribution in [0.5, 0.6) is 0 Å². The zero-order valence-corrected chi connectivity index (χ0v) is 46.9. The van der Waals surface area contributed by atoms with Crippen molar-refractivity contribution in [2.45, 2.75) is 256 Å². The summed E-state index contributed by atoms with van der Waals surface area (Å²) in [6.07, 6.45) is 59.5. The molecule has 0 saturated carbocycles. The number of ether oxygens (including phenoxy) is 3. The number of carbonyl (C=O) groups excluding carboxylic acids is 2. The molecule has 1 aliphatic heterocycles. The number of nitrogens with one attached hydrogen (secondary N) is 1. The Kier molecular flexibility index (Phi) is 46.8.